The number of aliphatic carboxylic acids is 1. The number of nitrogens with one attached hydrogen (secondary N) is 1. The van der Waals surface area contributed by atoms with Crippen LogP contribution in [-0.4, -0.2) is 71.0 Å². The zero-order valence-electron chi connectivity index (χ0n) is 17.1. The van der Waals surface area contributed by atoms with E-state index in [1.165, 1.54) is 12.0 Å². The van der Waals surface area contributed by atoms with Crippen molar-refractivity contribution in [2.24, 2.45) is 11.8 Å². The van der Waals surface area contributed by atoms with Gasteiger partial charge in [-0.15, -0.1) is 0 Å². The Balaban J connectivity index is 1.23. The fraction of sp³-hybridized carbons (Fsp3) is 0.682. The van der Waals surface area contributed by atoms with Gasteiger partial charge in [-0.05, 0) is 75.6 Å². The van der Waals surface area contributed by atoms with Crippen LogP contribution >= 0.6 is 0 Å². The van der Waals surface area contributed by atoms with Gasteiger partial charge in [0.05, 0.1) is 6.54 Å². The third kappa shape index (κ3) is 5.07. The van der Waals surface area contributed by atoms with E-state index in [0.29, 0.717) is 19.0 Å². The smallest absolute Gasteiger partial charge is 0.317 e. The van der Waals surface area contributed by atoms with Crippen molar-refractivity contribution in [2.75, 3.05) is 44.6 Å². The number of hydrogen-bond acceptors (Lipinski definition) is 5. The number of pyridine rings is 1. The summed E-state index contributed by atoms with van der Waals surface area (Å²) in [7, 11) is 0. The van der Waals surface area contributed by atoms with Crippen LogP contribution in [0.1, 0.15) is 43.4 Å². The molecule has 3 aliphatic heterocycles. The van der Waals surface area contributed by atoms with E-state index in [1.54, 1.807) is 0 Å². The molecule has 4 rings (SSSR count). The lowest BCUT2D eigenvalue weighted by molar-refractivity contribution is -0.140. The molecule has 0 atom stereocenters. The minimum absolute atomic E-state index is 0.0602. The summed E-state index contributed by atoms with van der Waals surface area (Å²) in [5.74, 6) is 1.20. The Morgan fingerprint density at radius 3 is 2.59 bits per heavy atom. The summed E-state index contributed by atoms with van der Waals surface area (Å²) < 4.78 is 0. The van der Waals surface area contributed by atoms with Crippen LogP contribution in [-0.2, 0) is 22.4 Å². The Kier molecular flexibility index (Phi) is 6.33. The fourth-order valence-electron chi connectivity index (χ4n) is 4.92. The molecule has 0 bridgehead atoms. The van der Waals surface area contributed by atoms with E-state index >= 15 is 0 Å². The number of carboxylic acid groups (broad SMARTS) is 1. The minimum Gasteiger partial charge on any atom is -0.480 e. The number of rotatable bonds is 5. The van der Waals surface area contributed by atoms with Crippen molar-refractivity contribution in [3.05, 3.63) is 23.4 Å². The van der Waals surface area contributed by atoms with Gasteiger partial charge in [-0.3, -0.25) is 14.5 Å². The molecule has 0 spiro atoms. The van der Waals surface area contributed by atoms with Crippen LogP contribution in [0.3, 0.4) is 0 Å². The minimum atomic E-state index is -0.791. The van der Waals surface area contributed by atoms with Crippen LogP contribution in [0.25, 0.3) is 0 Å². The molecular formula is C22H32N4O3. The highest BCUT2D eigenvalue weighted by Gasteiger charge is 2.31. The summed E-state index contributed by atoms with van der Waals surface area (Å²) in [6.07, 6.45) is 6.91. The number of aryl methyl sites for hydroxylation is 1. The molecule has 1 amide bonds. The second kappa shape index (κ2) is 9.11. The van der Waals surface area contributed by atoms with Gasteiger partial charge in [-0.1, -0.05) is 6.07 Å². The lowest BCUT2D eigenvalue weighted by atomic mass is 9.89. The number of fused-ring (bicyclic) bond motifs is 1. The number of hydrogen-bond donors (Lipinski definition) is 2. The van der Waals surface area contributed by atoms with Crippen molar-refractivity contribution in [3.8, 4) is 0 Å². The maximum Gasteiger partial charge on any atom is 0.317 e. The molecule has 29 heavy (non-hydrogen) atoms. The number of likely N-dealkylation sites (tertiary alicyclic amines) is 2. The molecule has 0 radical (unpaired) electrons. The first kappa shape index (κ1) is 20.1. The SMILES string of the molecule is O=C(O)CN1CCC(C(=O)N2CCC(Cc3ccc4c(n3)NCCC4)CC2)CC1. The molecule has 2 N–H and O–H groups in total. The number of carboxylic acids is 1. The summed E-state index contributed by atoms with van der Waals surface area (Å²) in [6, 6.07) is 4.40. The van der Waals surface area contributed by atoms with Crippen molar-refractivity contribution >= 4 is 17.7 Å². The molecule has 1 aromatic rings. The predicted octanol–water partition coefficient (Wildman–Crippen LogP) is 2.02. The summed E-state index contributed by atoms with van der Waals surface area (Å²) in [4.78, 5) is 32.5. The first-order valence-corrected chi connectivity index (χ1v) is 11.0. The third-order valence-corrected chi connectivity index (χ3v) is 6.67. The number of carbonyl (C=O) groups excluding carboxylic acids is 1. The van der Waals surface area contributed by atoms with Crippen LogP contribution in [0, 0.1) is 11.8 Å². The van der Waals surface area contributed by atoms with Gasteiger partial charge in [-0.25, -0.2) is 4.98 Å². The Labute approximate surface area is 172 Å². The fourth-order valence-corrected chi connectivity index (χ4v) is 4.92. The highest BCUT2D eigenvalue weighted by molar-refractivity contribution is 5.79. The molecule has 4 heterocycles. The van der Waals surface area contributed by atoms with Crippen LogP contribution in [0.15, 0.2) is 12.1 Å². The second-order valence-corrected chi connectivity index (χ2v) is 8.76. The summed E-state index contributed by atoms with van der Waals surface area (Å²) in [6.45, 7) is 4.18. The van der Waals surface area contributed by atoms with Crippen LogP contribution < -0.4 is 5.32 Å². The molecular weight excluding hydrogens is 368 g/mol. The van der Waals surface area contributed by atoms with Gasteiger partial charge in [0.25, 0.3) is 0 Å². The summed E-state index contributed by atoms with van der Waals surface area (Å²) in [5, 5.41) is 12.3. The average molecular weight is 401 g/mol. The topological polar surface area (TPSA) is 85.8 Å². The third-order valence-electron chi connectivity index (χ3n) is 6.67. The molecule has 0 aliphatic carbocycles. The highest BCUT2D eigenvalue weighted by atomic mass is 16.4. The van der Waals surface area contributed by atoms with E-state index in [2.05, 4.69) is 17.4 Å². The number of anilines is 1. The molecule has 0 aromatic carbocycles. The highest BCUT2D eigenvalue weighted by Crippen LogP contribution is 2.27. The zero-order chi connectivity index (χ0) is 20.2. The number of amides is 1. The Morgan fingerprint density at radius 1 is 1.10 bits per heavy atom. The molecule has 7 heteroatoms. The number of nitrogens with zero attached hydrogens (tertiary/aromatic N) is 3. The molecule has 0 unspecified atom stereocenters. The van der Waals surface area contributed by atoms with E-state index in [-0.39, 0.29) is 18.4 Å². The maximum atomic E-state index is 12.9. The van der Waals surface area contributed by atoms with Crippen molar-refractivity contribution in [2.45, 2.75) is 44.9 Å². The molecule has 2 saturated heterocycles. The van der Waals surface area contributed by atoms with E-state index in [4.69, 9.17) is 10.1 Å². The Hall–Kier alpha value is -2.15. The van der Waals surface area contributed by atoms with Crippen molar-refractivity contribution in [1.82, 2.24) is 14.8 Å². The van der Waals surface area contributed by atoms with E-state index in [0.717, 1.165) is 69.7 Å². The average Bonchev–Trinajstić information content (AvgIpc) is 2.74. The van der Waals surface area contributed by atoms with Gasteiger partial charge < -0.3 is 15.3 Å². The number of carbonyl (C=O) groups is 2. The first-order valence-electron chi connectivity index (χ1n) is 11.0. The van der Waals surface area contributed by atoms with E-state index < -0.39 is 5.97 Å². The van der Waals surface area contributed by atoms with E-state index in [1.807, 2.05) is 9.80 Å². The van der Waals surface area contributed by atoms with Crippen LogP contribution in [0.4, 0.5) is 5.82 Å². The summed E-state index contributed by atoms with van der Waals surface area (Å²) >= 11 is 0. The van der Waals surface area contributed by atoms with Gasteiger partial charge in [0.2, 0.25) is 5.91 Å². The van der Waals surface area contributed by atoms with Gasteiger partial charge in [-0.2, -0.15) is 0 Å². The van der Waals surface area contributed by atoms with Gasteiger partial charge in [0.15, 0.2) is 0 Å². The Morgan fingerprint density at radius 2 is 1.86 bits per heavy atom. The number of aromatic nitrogens is 1. The monoisotopic (exact) mass is 400 g/mol. The summed E-state index contributed by atoms with van der Waals surface area (Å²) in [5.41, 5.74) is 2.49. The second-order valence-electron chi connectivity index (χ2n) is 8.76. The first-order chi connectivity index (χ1) is 14.1. The van der Waals surface area contributed by atoms with Gasteiger partial charge in [0, 0.05) is 31.2 Å². The molecule has 158 valence electrons. The lowest BCUT2D eigenvalue weighted by Crippen LogP contribution is -2.46. The van der Waals surface area contributed by atoms with Gasteiger partial charge in [0.1, 0.15) is 5.82 Å². The molecule has 2 fully saturated rings. The predicted molar refractivity (Wildman–Crippen MR) is 111 cm³/mol. The standard InChI is InChI=1S/C22H32N4O3/c27-20(28)15-25-10-7-18(8-11-25)22(29)26-12-5-16(6-13-26)14-19-4-3-17-2-1-9-23-21(17)24-19/h3-4,16,18H,1-2,5-15H2,(H,23,24)(H,27,28). The molecule has 7 nitrogen and oxygen atoms in total. The van der Waals surface area contributed by atoms with E-state index in [9.17, 15) is 9.59 Å². The van der Waals surface area contributed by atoms with Crippen LogP contribution in [0.5, 0.6) is 0 Å². The quantitative estimate of drug-likeness (QED) is 0.787. The zero-order valence-corrected chi connectivity index (χ0v) is 17.1. The number of piperidine rings is 2. The Bertz CT molecular complexity index is 738. The lowest BCUT2D eigenvalue weighted by Gasteiger charge is -2.37. The van der Waals surface area contributed by atoms with Gasteiger partial charge >= 0.3 is 5.97 Å². The van der Waals surface area contributed by atoms with Crippen molar-refractivity contribution in [1.29, 1.82) is 0 Å². The molecule has 3 aliphatic rings. The normalized spacial score (nSPS) is 21.4. The molecule has 1 aromatic heterocycles. The van der Waals surface area contributed by atoms with Crippen molar-refractivity contribution < 1.29 is 14.7 Å². The van der Waals surface area contributed by atoms with Crippen molar-refractivity contribution in [3.63, 3.8) is 0 Å². The molecule has 0 saturated carbocycles. The van der Waals surface area contributed by atoms with Crippen LogP contribution in [0.2, 0.25) is 0 Å². The maximum absolute atomic E-state index is 12.9. The largest absolute Gasteiger partial charge is 0.480 e.